The fraction of sp³-hybridized carbons (Fsp3) is 0.381. The number of rotatable bonds is 9. The summed E-state index contributed by atoms with van der Waals surface area (Å²) >= 11 is 1.57. The molecule has 1 amide bonds. The molecule has 2 aromatic carbocycles. The molecule has 2 rings (SSSR count). The van der Waals surface area contributed by atoms with Crippen molar-refractivity contribution >= 4 is 27.7 Å². The van der Waals surface area contributed by atoms with Crippen molar-refractivity contribution in [2.24, 2.45) is 0 Å². The summed E-state index contributed by atoms with van der Waals surface area (Å²) < 4.78 is 27.9. The Morgan fingerprint density at radius 1 is 1.11 bits per heavy atom. The lowest BCUT2D eigenvalue weighted by Gasteiger charge is -2.22. The minimum atomic E-state index is -3.77. The van der Waals surface area contributed by atoms with Gasteiger partial charge in [0.25, 0.3) is 0 Å². The molecule has 2 atom stereocenters. The molecule has 0 radical (unpaired) electrons. The van der Waals surface area contributed by atoms with E-state index in [2.05, 4.69) is 10.0 Å². The van der Waals surface area contributed by atoms with Crippen LogP contribution in [0.15, 0.2) is 53.4 Å². The maximum Gasteiger partial charge on any atom is 0.241 e. The second-order valence-corrected chi connectivity index (χ2v) is 9.56. The molecule has 0 spiro atoms. The Kier molecular flexibility index (Phi) is 8.10. The molecule has 152 valence electrons. The topological polar surface area (TPSA) is 75.3 Å². The van der Waals surface area contributed by atoms with Gasteiger partial charge < -0.3 is 5.32 Å². The smallest absolute Gasteiger partial charge is 0.241 e. The monoisotopic (exact) mass is 420 g/mol. The third-order valence-corrected chi connectivity index (χ3v) is 6.67. The summed E-state index contributed by atoms with van der Waals surface area (Å²) in [4.78, 5) is 13.0. The molecule has 0 aliphatic carbocycles. The van der Waals surface area contributed by atoms with E-state index in [0.717, 1.165) is 16.7 Å². The van der Waals surface area contributed by atoms with E-state index >= 15 is 0 Å². The lowest BCUT2D eigenvalue weighted by molar-refractivity contribution is -0.123. The molecule has 5 nitrogen and oxygen atoms in total. The van der Waals surface area contributed by atoms with Crippen LogP contribution in [0.3, 0.4) is 0 Å². The summed E-state index contributed by atoms with van der Waals surface area (Å²) in [6.07, 6.45) is 2.35. The van der Waals surface area contributed by atoms with Gasteiger partial charge >= 0.3 is 0 Å². The number of thioether (sulfide) groups is 1. The molecule has 0 aliphatic rings. The van der Waals surface area contributed by atoms with E-state index in [1.54, 1.807) is 30.0 Å². The Morgan fingerprint density at radius 2 is 1.79 bits per heavy atom. The second-order valence-electron chi connectivity index (χ2n) is 6.86. The van der Waals surface area contributed by atoms with E-state index in [1.807, 2.05) is 45.2 Å². The highest BCUT2D eigenvalue weighted by Crippen LogP contribution is 2.19. The van der Waals surface area contributed by atoms with Gasteiger partial charge in [-0.1, -0.05) is 42.0 Å². The SMILES string of the molecule is CSCCC(NS(=O)(=O)c1ccccc1)C(=O)NC(C)c1cc(C)ccc1C. The van der Waals surface area contributed by atoms with Crippen LogP contribution in [0, 0.1) is 13.8 Å². The first-order valence-corrected chi connectivity index (χ1v) is 12.1. The van der Waals surface area contributed by atoms with Gasteiger partial charge in [0.05, 0.1) is 10.9 Å². The van der Waals surface area contributed by atoms with E-state index in [9.17, 15) is 13.2 Å². The predicted octanol–water partition coefficient (Wildman–Crippen LogP) is 3.58. The number of aryl methyl sites for hydroxylation is 2. The molecule has 0 aliphatic heterocycles. The van der Waals surface area contributed by atoms with Crippen molar-refractivity contribution in [1.29, 1.82) is 0 Å². The molecule has 7 heteroatoms. The van der Waals surface area contributed by atoms with Crippen LogP contribution in [0.1, 0.15) is 36.1 Å². The third-order valence-electron chi connectivity index (χ3n) is 4.54. The Hall–Kier alpha value is -1.83. The Morgan fingerprint density at radius 3 is 2.43 bits per heavy atom. The first kappa shape index (κ1) is 22.5. The van der Waals surface area contributed by atoms with Gasteiger partial charge in [0, 0.05) is 0 Å². The highest BCUT2D eigenvalue weighted by Gasteiger charge is 2.26. The summed E-state index contributed by atoms with van der Waals surface area (Å²) in [5.74, 6) is 0.356. The fourth-order valence-corrected chi connectivity index (χ4v) is 4.67. The summed E-state index contributed by atoms with van der Waals surface area (Å²) in [5.41, 5.74) is 3.23. The molecular weight excluding hydrogens is 392 g/mol. The van der Waals surface area contributed by atoms with Crippen molar-refractivity contribution < 1.29 is 13.2 Å². The maximum atomic E-state index is 12.9. The van der Waals surface area contributed by atoms with Gasteiger partial charge in [-0.15, -0.1) is 0 Å². The fourth-order valence-electron chi connectivity index (χ4n) is 2.95. The maximum absolute atomic E-state index is 12.9. The van der Waals surface area contributed by atoms with E-state index in [1.165, 1.54) is 12.1 Å². The highest BCUT2D eigenvalue weighted by molar-refractivity contribution is 7.98. The zero-order valence-electron chi connectivity index (χ0n) is 16.7. The number of amides is 1. The molecule has 0 fully saturated rings. The zero-order valence-corrected chi connectivity index (χ0v) is 18.4. The average Bonchev–Trinajstić information content (AvgIpc) is 2.67. The number of nitrogens with one attached hydrogen (secondary N) is 2. The molecule has 0 bridgehead atoms. The molecule has 0 aromatic heterocycles. The summed E-state index contributed by atoms with van der Waals surface area (Å²) in [6, 6.07) is 13.2. The van der Waals surface area contributed by atoms with Crippen LogP contribution in [0.2, 0.25) is 0 Å². The van der Waals surface area contributed by atoms with E-state index in [0.29, 0.717) is 12.2 Å². The molecule has 0 saturated heterocycles. The zero-order chi connectivity index (χ0) is 20.7. The molecule has 0 heterocycles. The summed E-state index contributed by atoms with van der Waals surface area (Å²) in [6.45, 7) is 5.92. The number of sulfonamides is 1. The number of carbonyl (C=O) groups is 1. The molecule has 0 saturated carbocycles. The number of hydrogen-bond acceptors (Lipinski definition) is 4. The Bertz CT molecular complexity index is 899. The van der Waals surface area contributed by atoms with Gasteiger partial charge in [-0.25, -0.2) is 8.42 Å². The molecule has 2 unspecified atom stereocenters. The number of hydrogen-bond donors (Lipinski definition) is 2. The van der Waals surface area contributed by atoms with E-state index < -0.39 is 16.1 Å². The highest BCUT2D eigenvalue weighted by atomic mass is 32.2. The van der Waals surface area contributed by atoms with Crippen LogP contribution in [0.4, 0.5) is 0 Å². The third kappa shape index (κ3) is 6.09. The van der Waals surface area contributed by atoms with Crippen LogP contribution < -0.4 is 10.0 Å². The largest absolute Gasteiger partial charge is 0.348 e. The van der Waals surface area contributed by atoms with Crippen LogP contribution in [-0.2, 0) is 14.8 Å². The van der Waals surface area contributed by atoms with Gasteiger partial charge in [-0.05, 0) is 62.5 Å². The van der Waals surface area contributed by atoms with Crippen LogP contribution in [0.25, 0.3) is 0 Å². The number of carbonyl (C=O) groups excluding carboxylic acids is 1. The Labute approximate surface area is 172 Å². The number of benzene rings is 2. The second kappa shape index (κ2) is 10.1. The van der Waals surface area contributed by atoms with Crippen molar-refractivity contribution in [3.8, 4) is 0 Å². The van der Waals surface area contributed by atoms with Crippen LogP contribution >= 0.6 is 11.8 Å². The first-order chi connectivity index (χ1) is 13.2. The standard InChI is InChI=1S/C21H28N2O3S2/c1-15-10-11-16(2)19(14-15)17(3)22-21(24)20(12-13-27-4)23-28(25,26)18-8-6-5-7-9-18/h5-11,14,17,20,23H,12-13H2,1-4H3,(H,22,24). The van der Waals surface area contributed by atoms with Crippen molar-refractivity contribution in [2.45, 2.75) is 44.2 Å². The average molecular weight is 421 g/mol. The van der Waals surface area contributed by atoms with E-state index in [4.69, 9.17) is 0 Å². The van der Waals surface area contributed by atoms with Crippen molar-refractivity contribution in [2.75, 3.05) is 12.0 Å². The normalized spacial score (nSPS) is 13.7. The summed E-state index contributed by atoms with van der Waals surface area (Å²) in [5, 5.41) is 2.97. The summed E-state index contributed by atoms with van der Waals surface area (Å²) in [7, 11) is -3.77. The quantitative estimate of drug-likeness (QED) is 0.650. The van der Waals surface area contributed by atoms with Crippen LogP contribution in [0.5, 0.6) is 0 Å². The van der Waals surface area contributed by atoms with E-state index in [-0.39, 0.29) is 16.8 Å². The van der Waals surface area contributed by atoms with Gasteiger partial charge in [0.2, 0.25) is 15.9 Å². The minimum Gasteiger partial charge on any atom is -0.348 e. The Balaban J connectivity index is 2.17. The van der Waals surface area contributed by atoms with Gasteiger partial charge in [0.15, 0.2) is 0 Å². The van der Waals surface area contributed by atoms with Gasteiger partial charge in [0.1, 0.15) is 6.04 Å². The van der Waals surface area contributed by atoms with Crippen molar-refractivity contribution in [3.63, 3.8) is 0 Å². The lowest BCUT2D eigenvalue weighted by atomic mass is 9.99. The predicted molar refractivity (Wildman–Crippen MR) is 116 cm³/mol. The van der Waals surface area contributed by atoms with Gasteiger partial charge in [-0.2, -0.15) is 16.5 Å². The molecular formula is C21H28N2O3S2. The van der Waals surface area contributed by atoms with Crippen molar-refractivity contribution in [3.05, 3.63) is 65.2 Å². The van der Waals surface area contributed by atoms with Gasteiger partial charge in [-0.3, -0.25) is 4.79 Å². The first-order valence-electron chi connectivity index (χ1n) is 9.18. The van der Waals surface area contributed by atoms with Crippen molar-refractivity contribution in [1.82, 2.24) is 10.0 Å². The van der Waals surface area contributed by atoms with Crippen LogP contribution in [-0.4, -0.2) is 32.4 Å². The minimum absolute atomic E-state index is 0.152. The molecule has 2 aromatic rings. The molecule has 2 N–H and O–H groups in total. The lowest BCUT2D eigenvalue weighted by Crippen LogP contribution is -2.47. The molecule has 28 heavy (non-hydrogen) atoms.